The summed E-state index contributed by atoms with van der Waals surface area (Å²) in [6, 6.07) is 19.9. The van der Waals surface area contributed by atoms with Crippen molar-refractivity contribution in [2.45, 2.75) is 26.3 Å². The maximum absolute atomic E-state index is 13.8. The summed E-state index contributed by atoms with van der Waals surface area (Å²) < 4.78 is 6.44. The first-order valence-electron chi connectivity index (χ1n) is 12.2. The van der Waals surface area contributed by atoms with Crippen molar-refractivity contribution in [3.63, 3.8) is 0 Å². The van der Waals surface area contributed by atoms with E-state index >= 15 is 0 Å². The van der Waals surface area contributed by atoms with Crippen LogP contribution in [0.15, 0.2) is 75.9 Å². The minimum Gasteiger partial charge on any atom is -0.497 e. The number of ether oxygens (including phenoxy) is 1. The van der Waals surface area contributed by atoms with Gasteiger partial charge in [-0.2, -0.15) is 0 Å². The van der Waals surface area contributed by atoms with Gasteiger partial charge in [-0.15, -0.1) is 0 Å². The third-order valence-electron chi connectivity index (χ3n) is 6.59. The predicted octanol–water partition coefficient (Wildman–Crippen LogP) is 9.31. The lowest BCUT2D eigenvalue weighted by Crippen LogP contribution is -2.57. The summed E-state index contributed by atoms with van der Waals surface area (Å²) in [5.74, 6) is 0.613. The molecule has 0 fully saturated rings. The molecule has 2 amide bonds. The van der Waals surface area contributed by atoms with Crippen LogP contribution < -0.4 is 15.0 Å². The van der Waals surface area contributed by atoms with Gasteiger partial charge in [0.05, 0.1) is 42.4 Å². The molecule has 3 aromatic rings. The van der Waals surface area contributed by atoms with Gasteiger partial charge in [0.2, 0.25) is 0 Å². The maximum Gasteiger partial charge on any atom is 0.327 e. The van der Waals surface area contributed by atoms with E-state index in [0.717, 1.165) is 25.8 Å². The van der Waals surface area contributed by atoms with Crippen LogP contribution in [0.1, 0.15) is 31.9 Å². The molecule has 10 heteroatoms. The molecule has 2 aliphatic rings. The van der Waals surface area contributed by atoms with Crippen molar-refractivity contribution in [3.05, 3.63) is 97.0 Å². The molecule has 40 heavy (non-hydrogen) atoms. The highest BCUT2D eigenvalue weighted by Crippen LogP contribution is 2.58. The van der Waals surface area contributed by atoms with Gasteiger partial charge in [0.1, 0.15) is 5.75 Å². The number of carbonyl (C=O) groups is 2. The Morgan fingerprint density at radius 2 is 1.70 bits per heavy atom. The van der Waals surface area contributed by atoms with Gasteiger partial charge in [-0.05, 0) is 62.7 Å². The number of nitrogens with one attached hydrogen (secondary N) is 1. The first kappa shape index (κ1) is 28.8. The van der Waals surface area contributed by atoms with Crippen LogP contribution in [0.4, 0.5) is 16.2 Å². The first-order valence-corrected chi connectivity index (χ1v) is 15.0. The van der Waals surface area contributed by atoms with Crippen LogP contribution in [0.25, 0.3) is 10.5 Å². The van der Waals surface area contributed by atoms with E-state index in [0.29, 0.717) is 36.9 Å². The third-order valence-corrected chi connectivity index (χ3v) is 10.8. The van der Waals surface area contributed by atoms with Crippen molar-refractivity contribution in [2.24, 2.45) is 0 Å². The SMILES string of the molecule is COc1ccc2c(c1)C(=C1SC(C(C)=O)=C(c3ccccc3)S1)C(=S)C(C)(C)N2C(=O)Nc1ccc(Cl)c(Cl)c1. The summed E-state index contributed by atoms with van der Waals surface area (Å²) in [6.45, 7) is 5.41. The number of anilines is 2. The number of ketones is 1. The van der Waals surface area contributed by atoms with Gasteiger partial charge in [0.25, 0.3) is 0 Å². The van der Waals surface area contributed by atoms with Crippen molar-refractivity contribution in [3.8, 4) is 5.75 Å². The van der Waals surface area contributed by atoms with Gasteiger partial charge in [0, 0.05) is 21.7 Å². The van der Waals surface area contributed by atoms with E-state index < -0.39 is 5.54 Å². The minimum absolute atomic E-state index is 0.0126. The zero-order valence-corrected chi connectivity index (χ0v) is 26.0. The normalized spacial score (nSPS) is 18.1. The molecule has 204 valence electrons. The van der Waals surface area contributed by atoms with E-state index in [-0.39, 0.29) is 11.8 Å². The maximum atomic E-state index is 13.8. The molecule has 0 saturated heterocycles. The average molecular weight is 628 g/mol. The summed E-state index contributed by atoms with van der Waals surface area (Å²) in [7, 11) is 1.59. The molecule has 0 unspecified atom stereocenters. The number of fused-ring (bicyclic) bond motifs is 1. The quantitative estimate of drug-likeness (QED) is 0.230. The fraction of sp³-hybridized carbons (Fsp3) is 0.167. The molecule has 0 aliphatic carbocycles. The second kappa shape index (κ2) is 11.3. The number of amides is 2. The Balaban J connectivity index is 1.64. The zero-order valence-electron chi connectivity index (χ0n) is 22.0. The monoisotopic (exact) mass is 626 g/mol. The number of halogens is 2. The summed E-state index contributed by atoms with van der Waals surface area (Å²) in [5.41, 5.74) is 2.80. The number of thioether (sulfide) groups is 2. The Hall–Kier alpha value is -2.75. The number of urea groups is 1. The molecule has 1 N–H and O–H groups in total. The lowest BCUT2D eigenvalue weighted by Gasteiger charge is -2.45. The Morgan fingerprint density at radius 1 is 0.975 bits per heavy atom. The van der Waals surface area contributed by atoms with Gasteiger partial charge in [-0.3, -0.25) is 9.69 Å². The standard InChI is InChI=1S/C30H24Cl2N2O3S3/c1-16(35)25-26(17-8-6-5-7-9-17)40-28(39-25)24-20-15-19(37-4)11-13-23(20)34(30(2,3)27(24)38)29(36)33-18-10-12-21(31)22(32)14-18/h5-15H,1-4H3,(H,33,36). The number of hydrogen-bond acceptors (Lipinski definition) is 6. The van der Waals surface area contributed by atoms with E-state index in [4.69, 9.17) is 40.2 Å². The smallest absolute Gasteiger partial charge is 0.327 e. The largest absolute Gasteiger partial charge is 0.497 e. The molecule has 0 atom stereocenters. The molecule has 5 nitrogen and oxygen atoms in total. The highest BCUT2D eigenvalue weighted by Gasteiger charge is 2.45. The summed E-state index contributed by atoms with van der Waals surface area (Å²) in [6.07, 6.45) is 0. The van der Waals surface area contributed by atoms with E-state index in [1.807, 2.05) is 62.4 Å². The average Bonchev–Trinajstić information content (AvgIpc) is 3.37. The number of carbonyl (C=O) groups excluding carboxylic acids is 2. The van der Waals surface area contributed by atoms with Gasteiger partial charge >= 0.3 is 6.03 Å². The van der Waals surface area contributed by atoms with Gasteiger partial charge in [-0.25, -0.2) is 4.79 Å². The number of nitrogens with zero attached hydrogens (tertiary/aromatic N) is 1. The molecular formula is C30H24Cl2N2O3S3. The van der Waals surface area contributed by atoms with Crippen LogP contribution in [0.3, 0.4) is 0 Å². The van der Waals surface area contributed by atoms with E-state index in [1.54, 1.807) is 37.1 Å². The Kier molecular flexibility index (Phi) is 8.10. The highest BCUT2D eigenvalue weighted by atomic mass is 35.5. The van der Waals surface area contributed by atoms with Gasteiger partial charge in [0.15, 0.2) is 5.78 Å². The number of benzene rings is 3. The molecule has 2 aliphatic heterocycles. The van der Waals surface area contributed by atoms with Crippen LogP contribution in [-0.4, -0.2) is 29.3 Å². The van der Waals surface area contributed by atoms with Crippen LogP contribution in [-0.2, 0) is 4.79 Å². The number of thiocarbonyl (C=S) groups is 1. The van der Waals surface area contributed by atoms with Gasteiger partial charge in [-0.1, -0.05) is 89.3 Å². The van der Waals surface area contributed by atoms with Crippen molar-refractivity contribution < 1.29 is 14.3 Å². The fourth-order valence-corrected chi connectivity index (χ4v) is 8.09. The zero-order chi connectivity index (χ0) is 28.8. The highest BCUT2D eigenvalue weighted by molar-refractivity contribution is 8.32. The number of hydrogen-bond donors (Lipinski definition) is 1. The molecule has 0 spiro atoms. The topological polar surface area (TPSA) is 58.6 Å². The number of rotatable bonds is 4. The molecule has 0 saturated carbocycles. The molecule has 0 radical (unpaired) electrons. The van der Waals surface area contributed by atoms with Crippen molar-refractivity contribution in [1.29, 1.82) is 0 Å². The first-order chi connectivity index (χ1) is 19.0. The lowest BCUT2D eigenvalue weighted by atomic mass is 9.83. The Morgan fingerprint density at radius 3 is 2.35 bits per heavy atom. The third kappa shape index (κ3) is 5.19. The van der Waals surface area contributed by atoms with E-state index in [9.17, 15) is 9.59 Å². The van der Waals surface area contributed by atoms with Crippen molar-refractivity contribution in [2.75, 3.05) is 17.3 Å². The molecule has 0 bridgehead atoms. The van der Waals surface area contributed by atoms with Crippen LogP contribution in [0.2, 0.25) is 10.0 Å². The van der Waals surface area contributed by atoms with E-state index in [2.05, 4.69) is 5.32 Å². The number of Topliss-reactive ketones (excluding diaryl/α,β-unsaturated/α-hetero) is 1. The summed E-state index contributed by atoms with van der Waals surface area (Å²) >= 11 is 21.3. The lowest BCUT2D eigenvalue weighted by molar-refractivity contribution is -0.112. The number of allylic oxidation sites excluding steroid dienone is 1. The minimum atomic E-state index is -0.896. The van der Waals surface area contributed by atoms with E-state index in [1.165, 1.54) is 23.5 Å². The molecular weight excluding hydrogens is 603 g/mol. The Bertz CT molecular complexity index is 1630. The van der Waals surface area contributed by atoms with Gasteiger partial charge < -0.3 is 10.1 Å². The summed E-state index contributed by atoms with van der Waals surface area (Å²) in [5, 5.41) is 3.67. The van der Waals surface area contributed by atoms with Crippen molar-refractivity contribution in [1.82, 2.24) is 0 Å². The molecule has 5 rings (SSSR count). The molecule has 2 heterocycles. The van der Waals surface area contributed by atoms with Crippen LogP contribution in [0, 0.1) is 0 Å². The second-order valence-electron chi connectivity index (χ2n) is 9.61. The predicted molar refractivity (Wildman–Crippen MR) is 174 cm³/mol. The number of methoxy groups -OCH3 is 1. The summed E-state index contributed by atoms with van der Waals surface area (Å²) in [4.78, 5) is 30.3. The fourth-order valence-electron chi connectivity index (χ4n) is 4.60. The van der Waals surface area contributed by atoms with Crippen LogP contribution in [0.5, 0.6) is 5.75 Å². The molecule has 0 aromatic heterocycles. The van der Waals surface area contributed by atoms with Crippen LogP contribution >= 0.6 is 58.9 Å². The second-order valence-corrected chi connectivity index (χ2v) is 13.1. The molecule has 3 aromatic carbocycles. The Labute approximate surface area is 256 Å². The van der Waals surface area contributed by atoms with Crippen molar-refractivity contribution >= 4 is 97.5 Å².